The van der Waals surface area contributed by atoms with Crippen molar-refractivity contribution in [1.29, 1.82) is 0 Å². The molecular weight excluding hydrogens is 406 g/mol. The molecule has 0 aliphatic carbocycles. The Morgan fingerprint density at radius 3 is 2.50 bits per heavy atom. The molecule has 2 N–H and O–H groups in total. The summed E-state index contributed by atoms with van der Waals surface area (Å²) in [6.45, 7) is 4.34. The number of likely N-dealkylation sites (tertiary alicyclic amines) is 1. The number of ether oxygens (including phenoxy) is 2. The number of hydrogen-bond acceptors (Lipinski definition) is 5. The maximum absolute atomic E-state index is 10.9. The van der Waals surface area contributed by atoms with Gasteiger partial charge in [0.2, 0.25) is 0 Å². The quantitative estimate of drug-likeness (QED) is 0.487. The Bertz CT molecular complexity index is 847. The number of phenolic OH excluding ortho intramolecular Hbond substituents is 1. The van der Waals surface area contributed by atoms with Crippen LogP contribution in [0.15, 0.2) is 48.5 Å². The number of carboxylic acid groups (broad SMARTS) is 1. The highest BCUT2D eigenvalue weighted by atomic mass is 16.5. The van der Waals surface area contributed by atoms with Gasteiger partial charge >= 0.3 is 5.97 Å². The molecule has 1 fully saturated rings. The van der Waals surface area contributed by atoms with Gasteiger partial charge in [0.05, 0.1) is 19.6 Å². The first-order valence-corrected chi connectivity index (χ1v) is 11.4. The van der Waals surface area contributed by atoms with Gasteiger partial charge in [-0.05, 0) is 56.0 Å². The summed E-state index contributed by atoms with van der Waals surface area (Å²) in [6.07, 6.45) is 3.55. The molecule has 1 saturated heterocycles. The minimum atomic E-state index is -0.840. The van der Waals surface area contributed by atoms with Gasteiger partial charge in [-0.25, -0.2) is 0 Å². The number of piperidine rings is 1. The molecule has 0 unspecified atom stereocenters. The van der Waals surface area contributed by atoms with E-state index in [1.165, 1.54) is 5.56 Å². The Kier molecular flexibility index (Phi) is 9.09. The van der Waals surface area contributed by atoms with Gasteiger partial charge in [0.1, 0.15) is 5.75 Å². The van der Waals surface area contributed by atoms with Gasteiger partial charge in [-0.2, -0.15) is 0 Å². The Morgan fingerprint density at radius 2 is 1.81 bits per heavy atom. The number of carbonyl (C=O) groups is 1. The standard InChI is InChI=1S/C26H35NO5/c1-31-19-16-27-14-12-26(13-15-27,22-7-3-2-4-8-22)23-20-21(9-10-24(23)28)6-5-17-32-18-11-25(29)30/h2-4,7-10,20,28H,5-6,11-19H2,1H3,(H,29,30). The Balaban J connectivity index is 1.75. The third kappa shape index (κ3) is 6.31. The molecule has 174 valence electrons. The van der Waals surface area contributed by atoms with Crippen LogP contribution in [0, 0.1) is 0 Å². The van der Waals surface area contributed by atoms with Crippen LogP contribution >= 0.6 is 0 Å². The number of benzene rings is 2. The summed E-state index contributed by atoms with van der Waals surface area (Å²) in [6, 6.07) is 16.5. The summed E-state index contributed by atoms with van der Waals surface area (Å²) in [5, 5.41) is 19.6. The average molecular weight is 442 g/mol. The highest BCUT2D eigenvalue weighted by molar-refractivity contribution is 5.66. The van der Waals surface area contributed by atoms with E-state index in [1.54, 1.807) is 7.11 Å². The SMILES string of the molecule is COCCN1CCC(c2ccccc2)(c2cc(CCCOCCC(=O)O)ccc2O)CC1. The van der Waals surface area contributed by atoms with E-state index in [1.807, 2.05) is 18.2 Å². The van der Waals surface area contributed by atoms with Crippen molar-refractivity contribution in [3.8, 4) is 5.75 Å². The van der Waals surface area contributed by atoms with E-state index in [2.05, 4.69) is 35.2 Å². The first kappa shape index (κ1) is 24.2. The molecule has 6 heteroatoms. The molecule has 0 radical (unpaired) electrons. The summed E-state index contributed by atoms with van der Waals surface area (Å²) < 4.78 is 10.7. The molecule has 0 aromatic heterocycles. The second kappa shape index (κ2) is 12.0. The Morgan fingerprint density at radius 1 is 1.06 bits per heavy atom. The third-order valence-corrected chi connectivity index (χ3v) is 6.44. The van der Waals surface area contributed by atoms with Gasteiger partial charge in [-0.1, -0.05) is 42.5 Å². The van der Waals surface area contributed by atoms with Gasteiger partial charge in [-0.15, -0.1) is 0 Å². The normalized spacial score (nSPS) is 16.2. The minimum Gasteiger partial charge on any atom is -0.508 e. The number of nitrogens with zero attached hydrogens (tertiary/aromatic N) is 1. The number of carboxylic acids is 1. The van der Waals surface area contributed by atoms with Crippen molar-refractivity contribution in [2.24, 2.45) is 0 Å². The summed E-state index contributed by atoms with van der Waals surface area (Å²) >= 11 is 0. The lowest BCUT2D eigenvalue weighted by Gasteiger charge is -2.43. The number of methoxy groups -OCH3 is 1. The fourth-order valence-corrected chi connectivity index (χ4v) is 4.61. The first-order valence-electron chi connectivity index (χ1n) is 11.4. The molecule has 0 atom stereocenters. The van der Waals surface area contributed by atoms with Crippen LogP contribution in [0.5, 0.6) is 5.75 Å². The number of aliphatic carboxylic acids is 1. The zero-order valence-electron chi connectivity index (χ0n) is 19.0. The minimum absolute atomic E-state index is 0.0321. The largest absolute Gasteiger partial charge is 0.508 e. The lowest BCUT2D eigenvalue weighted by atomic mass is 9.67. The molecule has 6 nitrogen and oxygen atoms in total. The van der Waals surface area contributed by atoms with Gasteiger partial charge in [0, 0.05) is 31.2 Å². The molecule has 0 bridgehead atoms. The molecule has 1 aliphatic heterocycles. The van der Waals surface area contributed by atoms with Crippen molar-refractivity contribution in [1.82, 2.24) is 4.90 Å². The maximum Gasteiger partial charge on any atom is 0.305 e. The van der Waals surface area contributed by atoms with Crippen LogP contribution in [0.3, 0.4) is 0 Å². The van der Waals surface area contributed by atoms with E-state index >= 15 is 0 Å². The summed E-state index contributed by atoms with van der Waals surface area (Å²) in [4.78, 5) is 13.0. The summed E-state index contributed by atoms with van der Waals surface area (Å²) in [5.41, 5.74) is 3.19. The van der Waals surface area contributed by atoms with E-state index in [9.17, 15) is 9.90 Å². The fourth-order valence-electron chi connectivity index (χ4n) is 4.61. The van der Waals surface area contributed by atoms with Crippen molar-refractivity contribution in [2.45, 2.75) is 37.5 Å². The van der Waals surface area contributed by atoms with E-state index < -0.39 is 5.97 Å². The van der Waals surface area contributed by atoms with Crippen LogP contribution in [0.1, 0.15) is 42.4 Å². The predicted molar refractivity (Wildman–Crippen MR) is 124 cm³/mol. The number of aromatic hydroxyl groups is 1. The molecule has 0 amide bonds. The van der Waals surface area contributed by atoms with Crippen molar-refractivity contribution < 1.29 is 24.5 Å². The molecule has 3 rings (SSSR count). The Hall–Kier alpha value is -2.41. The van der Waals surface area contributed by atoms with Crippen LogP contribution in [0.4, 0.5) is 0 Å². The van der Waals surface area contributed by atoms with Crippen LogP contribution in [-0.2, 0) is 26.1 Å². The molecule has 2 aromatic carbocycles. The van der Waals surface area contributed by atoms with Crippen molar-refractivity contribution in [2.75, 3.05) is 46.6 Å². The molecule has 32 heavy (non-hydrogen) atoms. The van der Waals surface area contributed by atoms with Crippen LogP contribution in [-0.4, -0.2) is 67.6 Å². The summed E-state index contributed by atoms with van der Waals surface area (Å²) in [5.74, 6) is -0.492. The van der Waals surface area contributed by atoms with Gasteiger partial charge < -0.3 is 24.6 Å². The lowest BCUT2D eigenvalue weighted by molar-refractivity contribution is -0.138. The molecule has 1 heterocycles. The van der Waals surface area contributed by atoms with E-state index in [-0.39, 0.29) is 18.4 Å². The molecule has 0 saturated carbocycles. The third-order valence-electron chi connectivity index (χ3n) is 6.44. The molecule has 2 aromatic rings. The first-order chi connectivity index (χ1) is 15.5. The Labute approximate surface area is 190 Å². The highest BCUT2D eigenvalue weighted by Gasteiger charge is 2.39. The van der Waals surface area contributed by atoms with Crippen LogP contribution in [0.25, 0.3) is 0 Å². The van der Waals surface area contributed by atoms with Gasteiger partial charge in [-0.3, -0.25) is 4.79 Å². The number of hydrogen-bond donors (Lipinski definition) is 2. The van der Waals surface area contributed by atoms with E-state index in [4.69, 9.17) is 14.6 Å². The monoisotopic (exact) mass is 441 g/mol. The number of aryl methyl sites for hydroxylation is 1. The van der Waals surface area contributed by atoms with Gasteiger partial charge in [0.15, 0.2) is 0 Å². The molecular formula is C26H35NO5. The zero-order chi connectivity index (χ0) is 22.8. The van der Waals surface area contributed by atoms with Crippen molar-refractivity contribution >= 4 is 5.97 Å². The van der Waals surface area contributed by atoms with Gasteiger partial charge in [0.25, 0.3) is 0 Å². The summed E-state index contributed by atoms with van der Waals surface area (Å²) in [7, 11) is 1.74. The topological polar surface area (TPSA) is 79.2 Å². The van der Waals surface area contributed by atoms with Crippen LogP contribution in [0.2, 0.25) is 0 Å². The second-order valence-corrected chi connectivity index (χ2v) is 8.49. The van der Waals surface area contributed by atoms with E-state index in [0.717, 1.165) is 63.1 Å². The predicted octanol–water partition coefficient (Wildman–Crippen LogP) is 3.84. The smallest absolute Gasteiger partial charge is 0.305 e. The zero-order valence-corrected chi connectivity index (χ0v) is 19.0. The number of rotatable bonds is 12. The van der Waals surface area contributed by atoms with Crippen molar-refractivity contribution in [3.05, 3.63) is 65.2 Å². The highest BCUT2D eigenvalue weighted by Crippen LogP contribution is 2.45. The van der Waals surface area contributed by atoms with Crippen molar-refractivity contribution in [3.63, 3.8) is 0 Å². The van der Waals surface area contributed by atoms with E-state index in [0.29, 0.717) is 12.4 Å². The lowest BCUT2D eigenvalue weighted by Crippen LogP contribution is -2.44. The molecule has 0 spiro atoms. The maximum atomic E-state index is 10.9. The fraction of sp³-hybridized carbons (Fsp3) is 0.500. The second-order valence-electron chi connectivity index (χ2n) is 8.49. The van der Waals surface area contributed by atoms with Crippen LogP contribution < -0.4 is 0 Å². The average Bonchev–Trinajstić information content (AvgIpc) is 2.81. The molecule has 1 aliphatic rings. The number of phenols is 1.